The van der Waals surface area contributed by atoms with E-state index in [0.717, 1.165) is 27.6 Å². The first-order valence-corrected chi connectivity index (χ1v) is 5.45. The minimum Gasteiger partial charge on any atom is -0.361 e. The molecule has 0 saturated heterocycles. The number of Topliss-reactive ketones (excluding diaryl/α,β-unsaturated/α-hetero) is 1. The van der Waals surface area contributed by atoms with E-state index in [1.807, 2.05) is 32.2 Å². The largest absolute Gasteiger partial charge is 0.361 e. The van der Waals surface area contributed by atoms with Gasteiger partial charge in [-0.1, -0.05) is 0 Å². The summed E-state index contributed by atoms with van der Waals surface area (Å²) in [5.74, 6) is 0.131. The van der Waals surface area contributed by atoms with Crippen LogP contribution in [0.5, 0.6) is 0 Å². The molecule has 0 unspecified atom stereocenters. The zero-order chi connectivity index (χ0) is 11.7. The van der Waals surface area contributed by atoms with E-state index >= 15 is 0 Å². The van der Waals surface area contributed by atoms with Crippen molar-refractivity contribution >= 4 is 16.7 Å². The summed E-state index contributed by atoms with van der Waals surface area (Å²) in [7, 11) is 0. The molecule has 3 heteroatoms. The Balaban J connectivity index is 2.62. The number of rotatable bonds is 3. The molecule has 2 aromatic rings. The van der Waals surface area contributed by atoms with Gasteiger partial charge in [0.25, 0.3) is 0 Å². The standard InChI is InChI=1S/C13H16N2O/c1-8-7-11(12(16)3-5-14)9(2)10-4-6-15-13(8)10/h4,6-7,15H,3,5,14H2,1-2H3. The van der Waals surface area contributed by atoms with Gasteiger partial charge in [0.15, 0.2) is 5.78 Å². The molecule has 1 aromatic heterocycles. The first kappa shape index (κ1) is 10.9. The molecule has 2 rings (SSSR count). The smallest absolute Gasteiger partial charge is 0.164 e. The van der Waals surface area contributed by atoms with E-state index in [9.17, 15) is 4.79 Å². The van der Waals surface area contributed by atoms with Crippen LogP contribution in [-0.4, -0.2) is 17.3 Å². The van der Waals surface area contributed by atoms with Crippen molar-refractivity contribution in [2.75, 3.05) is 6.54 Å². The summed E-state index contributed by atoms with van der Waals surface area (Å²) in [6.07, 6.45) is 2.32. The molecule has 0 saturated carbocycles. The van der Waals surface area contributed by atoms with Crippen LogP contribution in [0.2, 0.25) is 0 Å². The molecule has 1 aromatic carbocycles. The Morgan fingerprint density at radius 3 is 2.88 bits per heavy atom. The Morgan fingerprint density at radius 1 is 1.44 bits per heavy atom. The lowest BCUT2D eigenvalue weighted by Gasteiger charge is -2.08. The molecule has 84 valence electrons. The van der Waals surface area contributed by atoms with Crippen LogP contribution in [0.4, 0.5) is 0 Å². The van der Waals surface area contributed by atoms with Crippen molar-refractivity contribution in [2.24, 2.45) is 5.73 Å². The number of fused-ring (bicyclic) bond motifs is 1. The average Bonchev–Trinajstić information content (AvgIpc) is 2.73. The van der Waals surface area contributed by atoms with Crippen LogP contribution in [0, 0.1) is 13.8 Å². The van der Waals surface area contributed by atoms with E-state index in [1.54, 1.807) is 0 Å². The Labute approximate surface area is 94.6 Å². The molecule has 1 heterocycles. The predicted octanol–water partition coefficient (Wildman–Crippen LogP) is 2.32. The Morgan fingerprint density at radius 2 is 2.19 bits per heavy atom. The van der Waals surface area contributed by atoms with Gasteiger partial charge in [-0.05, 0) is 43.7 Å². The molecule has 0 atom stereocenters. The van der Waals surface area contributed by atoms with E-state index in [-0.39, 0.29) is 5.78 Å². The molecule has 0 aliphatic carbocycles. The van der Waals surface area contributed by atoms with E-state index in [2.05, 4.69) is 4.98 Å². The van der Waals surface area contributed by atoms with Crippen molar-refractivity contribution in [3.63, 3.8) is 0 Å². The highest BCUT2D eigenvalue weighted by molar-refractivity contribution is 6.03. The Bertz CT molecular complexity index is 540. The van der Waals surface area contributed by atoms with Gasteiger partial charge in [0, 0.05) is 29.1 Å². The van der Waals surface area contributed by atoms with Gasteiger partial charge in [0.1, 0.15) is 0 Å². The third-order valence-corrected chi connectivity index (χ3v) is 2.98. The second-order valence-corrected chi connectivity index (χ2v) is 4.09. The summed E-state index contributed by atoms with van der Waals surface area (Å²) >= 11 is 0. The lowest BCUT2D eigenvalue weighted by Crippen LogP contribution is -2.09. The van der Waals surface area contributed by atoms with E-state index < -0.39 is 0 Å². The van der Waals surface area contributed by atoms with Crippen LogP contribution in [-0.2, 0) is 0 Å². The number of hydrogen-bond acceptors (Lipinski definition) is 2. The number of ketones is 1. The van der Waals surface area contributed by atoms with Gasteiger partial charge in [0.2, 0.25) is 0 Å². The number of H-pyrrole nitrogens is 1. The van der Waals surface area contributed by atoms with Crippen molar-refractivity contribution in [3.8, 4) is 0 Å². The van der Waals surface area contributed by atoms with Gasteiger partial charge in [0.05, 0.1) is 0 Å². The fourth-order valence-electron chi connectivity index (χ4n) is 2.11. The van der Waals surface area contributed by atoms with Gasteiger partial charge in [-0.15, -0.1) is 0 Å². The maximum absolute atomic E-state index is 11.9. The highest BCUT2D eigenvalue weighted by Crippen LogP contribution is 2.25. The minimum atomic E-state index is 0.131. The second kappa shape index (κ2) is 4.10. The van der Waals surface area contributed by atoms with Crippen LogP contribution in [0.25, 0.3) is 10.9 Å². The molecule has 0 aliphatic rings. The third-order valence-electron chi connectivity index (χ3n) is 2.98. The summed E-state index contributed by atoms with van der Waals surface area (Å²) < 4.78 is 0. The SMILES string of the molecule is Cc1c(C(=O)CCN)cc(C)c2[nH]ccc12. The van der Waals surface area contributed by atoms with Crippen LogP contribution < -0.4 is 5.73 Å². The zero-order valence-corrected chi connectivity index (χ0v) is 9.63. The summed E-state index contributed by atoms with van der Waals surface area (Å²) in [5, 5.41) is 1.13. The zero-order valence-electron chi connectivity index (χ0n) is 9.63. The molecular formula is C13H16N2O. The number of nitrogens with two attached hydrogens (primary N) is 1. The van der Waals surface area contributed by atoms with E-state index in [0.29, 0.717) is 13.0 Å². The molecule has 0 aliphatic heterocycles. The first-order chi connectivity index (χ1) is 7.65. The molecule has 0 amide bonds. The molecule has 3 nitrogen and oxygen atoms in total. The quantitative estimate of drug-likeness (QED) is 0.773. The number of aromatic nitrogens is 1. The number of hydrogen-bond donors (Lipinski definition) is 2. The first-order valence-electron chi connectivity index (χ1n) is 5.45. The molecule has 3 N–H and O–H groups in total. The van der Waals surface area contributed by atoms with Gasteiger partial charge in [-0.2, -0.15) is 0 Å². The lowest BCUT2D eigenvalue weighted by atomic mass is 9.96. The van der Waals surface area contributed by atoms with Crippen molar-refractivity contribution < 1.29 is 4.79 Å². The predicted molar refractivity (Wildman–Crippen MR) is 65.8 cm³/mol. The number of carbonyl (C=O) groups is 1. The number of benzene rings is 1. The number of nitrogens with one attached hydrogen (secondary N) is 1. The molecule has 0 bridgehead atoms. The normalized spacial score (nSPS) is 10.9. The van der Waals surface area contributed by atoms with Gasteiger partial charge >= 0.3 is 0 Å². The summed E-state index contributed by atoms with van der Waals surface area (Å²) in [5.41, 5.74) is 9.48. The summed E-state index contributed by atoms with van der Waals surface area (Å²) in [6.45, 7) is 4.40. The third kappa shape index (κ3) is 1.63. The van der Waals surface area contributed by atoms with Crippen LogP contribution >= 0.6 is 0 Å². The number of aromatic amines is 1. The molecule has 16 heavy (non-hydrogen) atoms. The van der Waals surface area contributed by atoms with Crippen molar-refractivity contribution in [1.29, 1.82) is 0 Å². The minimum absolute atomic E-state index is 0.131. The topological polar surface area (TPSA) is 58.9 Å². The average molecular weight is 216 g/mol. The van der Waals surface area contributed by atoms with Gasteiger partial charge < -0.3 is 10.7 Å². The van der Waals surface area contributed by atoms with Crippen molar-refractivity contribution in [1.82, 2.24) is 4.98 Å². The fraction of sp³-hybridized carbons (Fsp3) is 0.308. The number of aryl methyl sites for hydroxylation is 2. The Kier molecular flexibility index (Phi) is 2.79. The van der Waals surface area contributed by atoms with E-state index in [4.69, 9.17) is 5.73 Å². The molecular weight excluding hydrogens is 200 g/mol. The molecule has 0 fully saturated rings. The summed E-state index contributed by atoms with van der Waals surface area (Å²) in [4.78, 5) is 15.1. The lowest BCUT2D eigenvalue weighted by molar-refractivity contribution is 0.0985. The highest BCUT2D eigenvalue weighted by Gasteiger charge is 2.13. The van der Waals surface area contributed by atoms with Gasteiger partial charge in [-0.25, -0.2) is 0 Å². The van der Waals surface area contributed by atoms with Gasteiger partial charge in [-0.3, -0.25) is 4.79 Å². The number of carbonyl (C=O) groups excluding carboxylic acids is 1. The monoisotopic (exact) mass is 216 g/mol. The maximum Gasteiger partial charge on any atom is 0.164 e. The summed E-state index contributed by atoms with van der Waals surface area (Å²) in [6, 6.07) is 3.96. The van der Waals surface area contributed by atoms with E-state index in [1.165, 1.54) is 0 Å². The second-order valence-electron chi connectivity index (χ2n) is 4.09. The maximum atomic E-state index is 11.9. The fourth-order valence-corrected chi connectivity index (χ4v) is 2.11. The highest BCUT2D eigenvalue weighted by atomic mass is 16.1. The molecule has 0 radical (unpaired) electrons. The molecule has 0 spiro atoms. The van der Waals surface area contributed by atoms with Crippen LogP contribution in [0.3, 0.4) is 0 Å². The Hall–Kier alpha value is -1.61. The van der Waals surface area contributed by atoms with Crippen LogP contribution in [0.1, 0.15) is 27.9 Å². The van der Waals surface area contributed by atoms with Crippen molar-refractivity contribution in [2.45, 2.75) is 20.3 Å². The van der Waals surface area contributed by atoms with Crippen LogP contribution in [0.15, 0.2) is 18.3 Å². The van der Waals surface area contributed by atoms with Crippen molar-refractivity contribution in [3.05, 3.63) is 35.0 Å².